The number of hydrogen-bond acceptors (Lipinski definition) is 4. The number of rotatable bonds is 4. The van der Waals surface area contributed by atoms with E-state index in [1.54, 1.807) is 17.1 Å². The zero-order valence-corrected chi connectivity index (χ0v) is 13.2. The van der Waals surface area contributed by atoms with E-state index in [-0.39, 0.29) is 22.6 Å². The van der Waals surface area contributed by atoms with Crippen molar-refractivity contribution < 1.29 is 9.53 Å². The average Bonchev–Trinajstić information content (AvgIpc) is 2.98. The lowest BCUT2D eigenvalue weighted by Crippen LogP contribution is -2.24. The molecule has 7 nitrogen and oxygen atoms in total. The lowest BCUT2D eigenvalue weighted by molar-refractivity contribution is 0.00401. The zero-order valence-electron chi connectivity index (χ0n) is 12.4. The fourth-order valence-electron chi connectivity index (χ4n) is 2.48. The Balaban J connectivity index is 1.62. The van der Waals surface area contributed by atoms with Gasteiger partial charge in [-0.2, -0.15) is 5.10 Å². The van der Waals surface area contributed by atoms with E-state index in [0.29, 0.717) is 12.2 Å². The third kappa shape index (κ3) is 4.00. The van der Waals surface area contributed by atoms with Gasteiger partial charge in [-0.05, 0) is 25.3 Å². The van der Waals surface area contributed by atoms with Crippen LogP contribution in [0, 0.1) is 0 Å². The molecule has 3 heterocycles. The van der Waals surface area contributed by atoms with Crippen LogP contribution in [-0.4, -0.2) is 33.4 Å². The summed E-state index contributed by atoms with van der Waals surface area (Å²) in [7, 11) is 0. The fourth-order valence-corrected chi connectivity index (χ4v) is 2.65. The highest BCUT2D eigenvalue weighted by atomic mass is 35.5. The van der Waals surface area contributed by atoms with Crippen molar-refractivity contribution in [1.82, 2.24) is 14.8 Å². The summed E-state index contributed by atoms with van der Waals surface area (Å²) in [6.45, 7) is 1.46. The third-order valence-electron chi connectivity index (χ3n) is 3.68. The van der Waals surface area contributed by atoms with Gasteiger partial charge in [0.15, 0.2) is 0 Å². The van der Waals surface area contributed by atoms with Crippen molar-refractivity contribution in [2.45, 2.75) is 31.9 Å². The maximum Gasteiger partial charge on any atom is 0.266 e. The molecule has 1 aliphatic rings. The molecule has 23 heavy (non-hydrogen) atoms. The van der Waals surface area contributed by atoms with Crippen LogP contribution < -0.4 is 10.9 Å². The van der Waals surface area contributed by atoms with E-state index in [9.17, 15) is 9.59 Å². The molecule has 8 heteroatoms. The van der Waals surface area contributed by atoms with Crippen LogP contribution in [0.1, 0.15) is 29.6 Å². The molecule has 1 amide bonds. The number of aromatic nitrogens is 3. The summed E-state index contributed by atoms with van der Waals surface area (Å²) < 4.78 is 7.42. The van der Waals surface area contributed by atoms with Gasteiger partial charge < -0.3 is 15.0 Å². The molecule has 0 aliphatic carbocycles. The normalized spacial score (nSPS) is 17.9. The Morgan fingerprint density at radius 1 is 1.52 bits per heavy atom. The van der Waals surface area contributed by atoms with Crippen LogP contribution in [0.25, 0.3) is 0 Å². The van der Waals surface area contributed by atoms with Crippen molar-refractivity contribution in [1.29, 1.82) is 0 Å². The fraction of sp³-hybridized carbons (Fsp3) is 0.400. The second-order valence-electron chi connectivity index (χ2n) is 5.46. The number of nitrogens with one attached hydrogen (secondary N) is 2. The SMILES string of the molecule is O=C(Nc1cnn(C[C@@H]2CCCCO2)c1)c1c[nH]c(=O)c(Cl)c1. The van der Waals surface area contributed by atoms with Gasteiger partial charge in [-0.3, -0.25) is 14.3 Å². The minimum Gasteiger partial charge on any atom is -0.376 e. The second-order valence-corrected chi connectivity index (χ2v) is 5.87. The van der Waals surface area contributed by atoms with E-state index in [1.807, 2.05) is 0 Å². The number of halogens is 1. The largest absolute Gasteiger partial charge is 0.376 e. The van der Waals surface area contributed by atoms with Gasteiger partial charge in [0.2, 0.25) is 0 Å². The number of aromatic amines is 1. The van der Waals surface area contributed by atoms with E-state index in [2.05, 4.69) is 15.4 Å². The van der Waals surface area contributed by atoms with Crippen molar-refractivity contribution in [2.24, 2.45) is 0 Å². The molecule has 0 unspecified atom stereocenters. The Kier molecular flexibility index (Phi) is 4.78. The predicted molar refractivity (Wildman–Crippen MR) is 85.8 cm³/mol. The Morgan fingerprint density at radius 3 is 3.13 bits per heavy atom. The van der Waals surface area contributed by atoms with E-state index in [1.165, 1.54) is 18.7 Å². The van der Waals surface area contributed by atoms with Gasteiger partial charge in [-0.1, -0.05) is 11.6 Å². The zero-order chi connectivity index (χ0) is 16.2. The molecular weight excluding hydrogens is 320 g/mol. The molecule has 0 aromatic carbocycles. The van der Waals surface area contributed by atoms with Crippen molar-refractivity contribution in [3.05, 3.63) is 45.6 Å². The quantitative estimate of drug-likeness (QED) is 0.894. The predicted octanol–water partition coefficient (Wildman–Crippen LogP) is 2.05. The van der Waals surface area contributed by atoms with Crippen molar-refractivity contribution in [2.75, 3.05) is 11.9 Å². The molecule has 0 saturated carbocycles. The first-order valence-electron chi connectivity index (χ1n) is 7.45. The first-order chi connectivity index (χ1) is 11.1. The minimum atomic E-state index is -0.427. The molecule has 1 fully saturated rings. The number of hydrogen-bond donors (Lipinski definition) is 2. The summed E-state index contributed by atoms with van der Waals surface area (Å²) >= 11 is 5.72. The molecule has 1 saturated heterocycles. The maximum absolute atomic E-state index is 12.1. The van der Waals surface area contributed by atoms with Gasteiger partial charge in [0.05, 0.1) is 30.1 Å². The van der Waals surface area contributed by atoms with Gasteiger partial charge in [-0.15, -0.1) is 0 Å². The lowest BCUT2D eigenvalue weighted by Gasteiger charge is -2.22. The monoisotopic (exact) mass is 336 g/mol. The first kappa shape index (κ1) is 15.8. The summed E-state index contributed by atoms with van der Waals surface area (Å²) in [5.41, 5.74) is 0.426. The summed E-state index contributed by atoms with van der Waals surface area (Å²) in [6, 6.07) is 1.33. The highest BCUT2D eigenvalue weighted by Gasteiger charge is 2.15. The number of carbonyl (C=O) groups excluding carboxylic acids is 1. The number of nitrogens with zero attached hydrogens (tertiary/aromatic N) is 2. The highest BCUT2D eigenvalue weighted by Crippen LogP contribution is 2.15. The molecule has 0 radical (unpaired) electrons. The maximum atomic E-state index is 12.1. The standard InChI is InChI=1S/C15H17ClN4O3/c16-13-5-10(6-17-15(13)22)14(21)19-11-7-18-20(8-11)9-12-3-1-2-4-23-12/h5-8,12H,1-4,9H2,(H,17,22)(H,19,21)/t12-/m0/s1. The number of amides is 1. The average molecular weight is 337 g/mol. The number of anilines is 1. The first-order valence-corrected chi connectivity index (χ1v) is 7.83. The van der Waals surface area contributed by atoms with E-state index in [4.69, 9.17) is 16.3 Å². The summed E-state index contributed by atoms with van der Waals surface area (Å²) in [5, 5.41) is 6.92. The van der Waals surface area contributed by atoms with Crippen LogP contribution in [0.5, 0.6) is 0 Å². The van der Waals surface area contributed by atoms with Crippen LogP contribution in [-0.2, 0) is 11.3 Å². The topological polar surface area (TPSA) is 89.0 Å². The van der Waals surface area contributed by atoms with Crippen molar-refractivity contribution in [3.63, 3.8) is 0 Å². The Bertz CT molecular complexity index is 749. The number of pyridine rings is 1. The number of carbonyl (C=O) groups is 1. The van der Waals surface area contributed by atoms with Crippen LogP contribution in [0.3, 0.4) is 0 Å². The van der Waals surface area contributed by atoms with Gasteiger partial charge in [-0.25, -0.2) is 0 Å². The van der Waals surface area contributed by atoms with E-state index < -0.39 is 5.56 Å². The number of H-pyrrole nitrogens is 1. The molecule has 3 rings (SSSR count). The third-order valence-corrected chi connectivity index (χ3v) is 3.96. The molecule has 1 aliphatic heterocycles. The molecule has 1 atom stereocenters. The summed E-state index contributed by atoms with van der Waals surface area (Å²) in [4.78, 5) is 25.7. The Labute approximate surface area is 137 Å². The molecular formula is C15H17ClN4O3. The van der Waals surface area contributed by atoms with Gasteiger partial charge in [0, 0.05) is 19.0 Å². The number of ether oxygens (including phenoxy) is 1. The van der Waals surface area contributed by atoms with Crippen LogP contribution in [0.2, 0.25) is 5.02 Å². The molecule has 0 spiro atoms. The summed E-state index contributed by atoms with van der Waals surface area (Å²) in [5.74, 6) is -0.364. The van der Waals surface area contributed by atoms with Crippen LogP contribution in [0.15, 0.2) is 29.5 Å². The smallest absolute Gasteiger partial charge is 0.266 e. The molecule has 2 aromatic rings. The van der Waals surface area contributed by atoms with Gasteiger partial charge in [0.25, 0.3) is 11.5 Å². The van der Waals surface area contributed by atoms with E-state index in [0.717, 1.165) is 19.4 Å². The van der Waals surface area contributed by atoms with Gasteiger partial charge >= 0.3 is 0 Å². The molecule has 2 N–H and O–H groups in total. The van der Waals surface area contributed by atoms with Crippen LogP contribution in [0.4, 0.5) is 5.69 Å². The second kappa shape index (κ2) is 6.97. The van der Waals surface area contributed by atoms with E-state index >= 15 is 0 Å². The minimum absolute atomic E-state index is 0.0252. The van der Waals surface area contributed by atoms with Gasteiger partial charge in [0.1, 0.15) is 5.02 Å². The Hall–Kier alpha value is -2.12. The van der Waals surface area contributed by atoms with Crippen molar-refractivity contribution >= 4 is 23.2 Å². The van der Waals surface area contributed by atoms with Crippen molar-refractivity contribution in [3.8, 4) is 0 Å². The molecule has 2 aromatic heterocycles. The lowest BCUT2D eigenvalue weighted by atomic mass is 10.1. The summed E-state index contributed by atoms with van der Waals surface area (Å²) in [6.07, 6.45) is 8.13. The molecule has 0 bridgehead atoms. The highest BCUT2D eigenvalue weighted by molar-refractivity contribution is 6.30. The van der Waals surface area contributed by atoms with Crippen LogP contribution >= 0.6 is 11.6 Å². The Morgan fingerprint density at radius 2 is 2.39 bits per heavy atom. The molecule has 122 valence electrons.